The largest absolute Gasteiger partial charge is 0.481 e. The first kappa shape index (κ1) is 14.8. The lowest BCUT2D eigenvalue weighted by atomic mass is 10.1. The zero-order chi connectivity index (χ0) is 15.2. The smallest absolute Gasteiger partial charge is 0.322 e. The number of aliphatic carboxylic acids is 1. The van der Waals surface area contributed by atoms with Gasteiger partial charge in [-0.1, -0.05) is 12.1 Å². The first-order chi connectivity index (χ1) is 10.1. The van der Waals surface area contributed by atoms with Gasteiger partial charge in [0.15, 0.2) is 0 Å². The van der Waals surface area contributed by atoms with Crippen LogP contribution in [0.3, 0.4) is 0 Å². The predicted molar refractivity (Wildman–Crippen MR) is 73.7 cm³/mol. The van der Waals surface area contributed by atoms with E-state index >= 15 is 0 Å². The Morgan fingerprint density at radius 3 is 2.95 bits per heavy atom. The Bertz CT molecular complexity index is 582. The van der Waals surface area contributed by atoms with Crippen molar-refractivity contribution >= 4 is 17.7 Å². The van der Waals surface area contributed by atoms with Crippen LogP contribution in [0.4, 0.5) is 10.5 Å². The van der Waals surface area contributed by atoms with Crippen molar-refractivity contribution in [2.45, 2.75) is 12.5 Å². The van der Waals surface area contributed by atoms with E-state index in [2.05, 4.69) is 5.32 Å². The monoisotopic (exact) mass is 289 g/mol. The van der Waals surface area contributed by atoms with Gasteiger partial charge in [0, 0.05) is 6.54 Å². The Morgan fingerprint density at radius 1 is 1.48 bits per heavy atom. The molecule has 0 radical (unpaired) electrons. The molecule has 1 heterocycles. The molecule has 0 aromatic heterocycles. The van der Waals surface area contributed by atoms with Gasteiger partial charge in [0.05, 0.1) is 36.9 Å². The molecular weight excluding hydrogens is 274 g/mol. The molecule has 1 saturated heterocycles. The van der Waals surface area contributed by atoms with Crippen LogP contribution in [0.2, 0.25) is 0 Å². The minimum Gasteiger partial charge on any atom is -0.481 e. The van der Waals surface area contributed by atoms with Gasteiger partial charge in [-0.25, -0.2) is 4.79 Å². The maximum Gasteiger partial charge on any atom is 0.322 e. The van der Waals surface area contributed by atoms with Gasteiger partial charge in [0.1, 0.15) is 6.07 Å². The second-order valence-corrected chi connectivity index (χ2v) is 4.61. The highest BCUT2D eigenvalue weighted by Gasteiger charge is 2.29. The van der Waals surface area contributed by atoms with Crippen LogP contribution in [0.5, 0.6) is 0 Å². The normalized spacial score (nSPS) is 17.9. The van der Waals surface area contributed by atoms with Crippen molar-refractivity contribution in [2.24, 2.45) is 0 Å². The molecule has 21 heavy (non-hydrogen) atoms. The SMILES string of the molecule is N#Cc1ccccc1NC(=O)N1CCOCC1CC(=O)O. The van der Waals surface area contributed by atoms with Gasteiger partial charge in [-0.3, -0.25) is 4.79 Å². The topological polar surface area (TPSA) is 103 Å². The average Bonchev–Trinajstić information content (AvgIpc) is 2.47. The molecule has 1 unspecified atom stereocenters. The fraction of sp³-hybridized carbons (Fsp3) is 0.357. The molecule has 2 rings (SSSR count). The summed E-state index contributed by atoms with van der Waals surface area (Å²) in [5.74, 6) is -0.985. The summed E-state index contributed by atoms with van der Waals surface area (Å²) in [4.78, 5) is 24.6. The molecule has 110 valence electrons. The summed E-state index contributed by atoms with van der Waals surface area (Å²) in [6.45, 7) is 0.877. The Hall–Kier alpha value is -2.59. The first-order valence-corrected chi connectivity index (χ1v) is 6.48. The highest BCUT2D eigenvalue weighted by molar-refractivity contribution is 5.91. The molecule has 1 aromatic carbocycles. The molecule has 1 aliphatic heterocycles. The second-order valence-electron chi connectivity index (χ2n) is 4.61. The predicted octanol–water partition coefficient (Wildman–Crippen LogP) is 1.27. The molecular formula is C14H15N3O4. The van der Waals surface area contributed by atoms with Crippen molar-refractivity contribution in [3.05, 3.63) is 29.8 Å². The minimum atomic E-state index is -0.985. The van der Waals surface area contributed by atoms with E-state index in [1.807, 2.05) is 6.07 Å². The number of urea groups is 1. The van der Waals surface area contributed by atoms with Gasteiger partial charge in [-0.2, -0.15) is 5.26 Å². The third-order valence-electron chi connectivity index (χ3n) is 3.19. The van der Waals surface area contributed by atoms with E-state index in [1.165, 1.54) is 4.90 Å². The van der Waals surface area contributed by atoms with E-state index in [-0.39, 0.29) is 13.0 Å². The molecule has 0 spiro atoms. The summed E-state index contributed by atoms with van der Waals surface area (Å²) in [6, 6.07) is 7.71. The van der Waals surface area contributed by atoms with Crippen LogP contribution in [0, 0.1) is 11.3 Å². The molecule has 0 bridgehead atoms. The van der Waals surface area contributed by atoms with E-state index in [1.54, 1.807) is 24.3 Å². The highest BCUT2D eigenvalue weighted by Crippen LogP contribution is 2.17. The van der Waals surface area contributed by atoms with Gasteiger partial charge in [0.2, 0.25) is 0 Å². The Balaban J connectivity index is 2.10. The zero-order valence-corrected chi connectivity index (χ0v) is 11.3. The van der Waals surface area contributed by atoms with Gasteiger partial charge >= 0.3 is 12.0 Å². The molecule has 2 N–H and O–H groups in total. The first-order valence-electron chi connectivity index (χ1n) is 6.48. The molecule has 1 fully saturated rings. The third-order valence-corrected chi connectivity index (χ3v) is 3.19. The number of ether oxygens (including phenoxy) is 1. The number of amides is 2. The van der Waals surface area contributed by atoms with Crippen LogP contribution in [-0.4, -0.2) is 47.8 Å². The van der Waals surface area contributed by atoms with Crippen molar-refractivity contribution in [2.75, 3.05) is 25.1 Å². The number of carbonyl (C=O) groups excluding carboxylic acids is 1. The second kappa shape index (κ2) is 6.72. The highest BCUT2D eigenvalue weighted by atomic mass is 16.5. The number of rotatable bonds is 3. The van der Waals surface area contributed by atoms with E-state index in [9.17, 15) is 9.59 Å². The molecule has 1 aliphatic rings. The van der Waals surface area contributed by atoms with E-state index in [0.717, 1.165) is 0 Å². The summed E-state index contributed by atoms with van der Waals surface area (Å²) >= 11 is 0. The molecule has 1 aromatic rings. The number of carboxylic acid groups (broad SMARTS) is 1. The minimum absolute atomic E-state index is 0.173. The number of benzene rings is 1. The number of anilines is 1. The van der Waals surface area contributed by atoms with Crippen LogP contribution in [0.25, 0.3) is 0 Å². The molecule has 7 nitrogen and oxygen atoms in total. The summed E-state index contributed by atoms with van der Waals surface area (Å²) in [6.07, 6.45) is -0.173. The standard InChI is InChI=1S/C14H15N3O4/c15-8-10-3-1-2-4-12(10)16-14(20)17-5-6-21-9-11(17)7-13(18)19/h1-4,11H,5-7,9H2,(H,16,20)(H,18,19). The number of hydrogen-bond donors (Lipinski definition) is 2. The van der Waals surface area contributed by atoms with Crippen LogP contribution < -0.4 is 5.32 Å². The number of nitrogens with zero attached hydrogens (tertiary/aromatic N) is 2. The number of carbonyl (C=O) groups is 2. The van der Waals surface area contributed by atoms with Crippen LogP contribution in [-0.2, 0) is 9.53 Å². The Morgan fingerprint density at radius 2 is 2.24 bits per heavy atom. The van der Waals surface area contributed by atoms with Crippen molar-refractivity contribution < 1.29 is 19.4 Å². The van der Waals surface area contributed by atoms with Crippen molar-refractivity contribution in [1.29, 1.82) is 5.26 Å². The quantitative estimate of drug-likeness (QED) is 0.872. The molecule has 7 heteroatoms. The maximum absolute atomic E-state index is 12.3. The van der Waals surface area contributed by atoms with Gasteiger partial charge < -0.3 is 20.1 Å². The number of carboxylic acids is 1. The number of nitrogens with one attached hydrogen (secondary N) is 1. The molecule has 0 aliphatic carbocycles. The van der Waals surface area contributed by atoms with Crippen molar-refractivity contribution in [3.63, 3.8) is 0 Å². The lowest BCUT2D eigenvalue weighted by molar-refractivity contribution is -0.139. The number of morpholine rings is 1. The van der Waals surface area contributed by atoms with Gasteiger partial charge in [-0.05, 0) is 12.1 Å². The number of hydrogen-bond acceptors (Lipinski definition) is 4. The fourth-order valence-electron chi connectivity index (χ4n) is 2.17. The molecule has 1 atom stereocenters. The summed E-state index contributed by atoms with van der Waals surface area (Å²) in [5.41, 5.74) is 0.763. The van der Waals surface area contributed by atoms with Crippen LogP contribution in [0.1, 0.15) is 12.0 Å². The number of nitriles is 1. The van der Waals surface area contributed by atoms with E-state index < -0.39 is 18.0 Å². The summed E-state index contributed by atoms with van der Waals surface area (Å²) in [5, 5.41) is 20.5. The zero-order valence-electron chi connectivity index (χ0n) is 11.3. The van der Waals surface area contributed by atoms with Gasteiger partial charge in [0.25, 0.3) is 0 Å². The van der Waals surface area contributed by atoms with Crippen molar-refractivity contribution in [3.8, 4) is 6.07 Å². The van der Waals surface area contributed by atoms with Crippen LogP contribution >= 0.6 is 0 Å². The van der Waals surface area contributed by atoms with Crippen molar-refractivity contribution in [1.82, 2.24) is 4.90 Å². The molecule has 2 amide bonds. The Kier molecular flexibility index (Phi) is 4.74. The molecule has 0 saturated carbocycles. The van der Waals surface area contributed by atoms with Gasteiger partial charge in [-0.15, -0.1) is 0 Å². The number of para-hydroxylation sites is 1. The Labute approximate surface area is 121 Å². The third kappa shape index (κ3) is 3.70. The summed E-state index contributed by atoms with van der Waals surface area (Å²) < 4.78 is 5.22. The van der Waals surface area contributed by atoms with E-state index in [4.69, 9.17) is 15.1 Å². The van der Waals surface area contributed by atoms with E-state index in [0.29, 0.717) is 24.4 Å². The maximum atomic E-state index is 12.3. The van der Waals surface area contributed by atoms with Crippen LogP contribution in [0.15, 0.2) is 24.3 Å². The fourth-order valence-corrected chi connectivity index (χ4v) is 2.17. The summed E-state index contributed by atoms with van der Waals surface area (Å²) in [7, 11) is 0. The lowest BCUT2D eigenvalue weighted by Gasteiger charge is -2.34. The lowest BCUT2D eigenvalue weighted by Crippen LogP contribution is -2.51. The average molecular weight is 289 g/mol.